The number of halogens is 1. The van der Waals surface area contributed by atoms with Gasteiger partial charge in [0.2, 0.25) is 0 Å². The number of carbonyl (C=O) groups excluding carboxylic acids is 1. The van der Waals surface area contributed by atoms with Crippen LogP contribution in [0.4, 0.5) is 4.39 Å². The molecule has 2 heterocycles. The Kier molecular flexibility index (Phi) is 8.45. The van der Waals surface area contributed by atoms with Gasteiger partial charge in [0.1, 0.15) is 17.2 Å². The van der Waals surface area contributed by atoms with Crippen LogP contribution in [0, 0.1) is 5.82 Å². The van der Waals surface area contributed by atoms with Crippen LogP contribution in [0.5, 0.6) is 5.75 Å². The molecule has 0 radical (unpaired) electrons. The van der Waals surface area contributed by atoms with Gasteiger partial charge < -0.3 is 25.0 Å². The molecule has 1 aliphatic heterocycles. The molecule has 3 aromatic rings. The highest BCUT2D eigenvalue weighted by Crippen LogP contribution is 2.47. The molecular formula is C34H40FN3O4. The minimum absolute atomic E-state index is 0.100. The fourth-order valence-corrected chi connectivity index (χ4v) is 7.06. The largest absolute Gasteiger partial charge is 0.487 e. The lowest BCUT2D eigenvalue weighted by molar-refractivity contribution is 0.0325. The van der Waals surface area contributed by atoms with E-state index in [1.807, 2.05) is 30.3 Å². The summed E-state index contributed by atoms with van der Waals surface area (Å²) in [4.78, 5) is 26.0. The molecule has 3 atom stereocenters. The van der Waals surface area contributed by atoms with Gasteiger partial charge in [-0.1, -0.05) is 43.2 Å². The summed E-state index contributed by atoms with van der Waals surface area (Å²) in [6.07, 6.45) is 10.0. The van der Waals surface area contributed by atoms with Gasteiger partial charge >= 0.3 is 0 Å². The minimum atomic E-state index is -0.922. The highest BCUT2D eigenvalue weighted by molar-refractivity contribution is 5.94. The molecular weight excluding hydrogens is 533 g/mol. The number of amides is 1. The van der Waals surface area contributed by atoms with E-state index in [-0.39, 0.29) is 41.5 Å². The summed E-state index contributed by atoms with van der Waals surface area (Å²) >= 11 is 0. The van der Waals surface area contributed by atoms with Crippen LogP contribution in [0.2, 0.25) is 0 Å². The van der Waals surface area contributed by atoms with Gasteiger partial charge in [-0.15, -0.1) is 0 Å². The third-order valence-electron chi connectivity index (χ3n) is 9.34. The number of aliphatic hydroxyl groups excluding tert-OH is 1. The Morgan fingerprint density at radius 1 is 1.05 bits per heavy atom. The SMILES string of the molecule is O=C(N[C@@H](Cc1ccccc1)[C@H](O)CN[C@H]1CC2(CCCC2)Oc2ccc(F)cc21)c1ccc(=O)n(C2CCCC2)c1. The lowest BCUT2D eigenvalue weighted by Crippen LogP contribution is -2.50. The monoisotopic (exact) mass is 573 g/mol. The molecule has 1 spiro atoms. The Hall–Kier alpha value is -3.49. The zero-order valence-corrected chi connectivity index (χ0v) is 23.9. The van der Waals surface area contributed by atoms with E-state index in [4.69, 9.17) is 4.74 Å². The summed E-state index contributed by atoms with van der Waals surface area (Å²) in [5, 5.41) is 18.0. The number of hydrogen-bond donors (Lipinski definition) is 3. The third-order valence-corrected chi connectivity index (χ3v) is 9.34. The first-order valence-electron chi connectivity index (χ1n) is 15.4. The van der Waals surface area contributed by atoms with E-state index in [0.29, 0.717) is 24.2 Å². The summed E-state index contributed by atoms with van der Waals surface area (Å²) in [5.74, 6) is 0.0495. The van der Waals surface area contributed by atoms with Crippen LogP contribution >= 0.6 is 0 Å². The van der Waals surface area contributed by atoms with Crippen molar-refractivity contribution < 1.29 is 19.0 Å². The number of rotatable bonds is 9. The first-order chi connectivity index (χ1) is 20.4. The Labute approximate surface area is 246 Å². The lowest BCUT2D eigenvalue weighted by Gasteiger charge is -2.41. The Bertz CT molecular complexity index is 1450. The number of nitrogens with zero attached hydrogens (tertiary/aromatic N) is 1. The number of aromatic nitrogens is 1. The van der Waals surface area contributed by atoms with E-state index in [9.17, 15) is 19.1 Å². The summed E-state index contributed by atoms with van der Waals surface area (Å²) < 4.78 is 22.4. The van der Waals surface area contributed by atoms with Gasteiger partial charge in [-0.2, -0.15) is 0 Å². The van der Waals surface area contributed by atoms with Crippen molar-refractivity contribution in [2.75, 3.05) is 6.54 Å². The van der Waals surface area contributed by atoms with Crippen LogP contribution in [-0.2, 0) is 6.42 Å². The number of carbonyl (C=O) groups is 1. The second-order valence-electron chi connectivity index (χ2n) is 12.3. The smallest absolute Gasteiger partial charge is 0.253 e. The molecule has 1 amide bonds. The van der Waals surface area contributed by atoms with Gasteiger partial charge in [-0.05, 0) is 74.8 Å². The van der Waals surface area contributed by atoms with Crippen molar-refractivity contribution in [3.05, 3.63) is 99.7 Å². The van der Waals surface area contributed by atoms with Crippen LogP contribution in [0.1, 0.15) is 91.4 Å². The van der Waals surface area contributed by atoms with Crippen molar-refractivity contribution in [2.24, 2.45) is 0 Å². The first-order valence-corrected chi connectivity index (χ1v) is 15.4. The van der Waals surface area contributed by atoms with E-state index in [1.165, 1.54) is 18.2 Å². The normalized spacial score (nSPS) is 21.0. The predicted molar refractivity (Wildman–Crippen MR) is 159 cm³/mol. The zero-order valence-electron chi connectivity index (χ0n) is 23.9. The number of hydrogen-bond acceptors (Lipinski definition) is 5. The molecule has 0 bridgehead atoms. The summed E-state index contributed by atoms with van der Waals surface area (Å²) in [6.45, 7) is 0.204. The first kappa shape index (κ1) is 28.6. The average molecular weight is 574 g/mol. The van der Waals surface area contributed by atoms with Crippen molar-refractivity contribution in [1.29, 1.82) is 0 Å². The number of fused-ring (bicyclic) bond motifs is 1. The molecule has 42 heavy (non-hydrogen) atoms. The summed E-state index contributed by atoms with van der Waals surface area (Å²) in [5.41, 5.74) is 1.78. The molecule has 8 heteroatoms. The van der Waals surface area contributed by atoms with Crippen molar-refractivity contribution in [3.63, 3.8) is 0 Å². The molecule has 7 nitrogen and oxygen atoms in total. The number of nitrogens with one attached hydrogen (secondary N) is 2. The zero-order chi connectivity index (χ0) is 29.1. The average Bonchev–Trinajstić information content (AvgIpc) is 3.69. The Balaban J connectivity index is 1.20. The minimum Gasteiger partial charge on any atom is -0.487 e. The van der Waals surface area contributed by atoms with Crippen LogP contribution in [-0.4, -0.2) is 39.9 Å². The maximum Gasteiger partial charge on any atom is 0.253 e. The van der Waals surface area contributed by atoms with Gasteiger partial charge in [0.25, 0.3) is 11.5 Å². The third kappa shape index (κ3) is 6.30. The standard InChI is InChI=1S/C34H40FN3O4/c35-25-13-14-31-27(19-25)29(20-34(42-31)16-6-7-17-34)36-21-30(39)28(18-23-8-2-1-3-9-23)37-33(41)24-12-15-32(40)38(22-24)26-10-4-5-11-26/h1-3,8-9,12-15,19,22,26,28-30,36,39H,4-7,10-11,16-18,20-21H2,(H,37,41)/t28-,29-,30+/m0/s1. The maximum atomic E-state index is 14.3. The molecule has 2 saturated carbocycles. The van der Waals surface area contributed by atoms with Crippen molar-refractivity contribution >= 4 is 5.91 Å². The molecule has 2 aromatic carbocycles. The summed E-state index contributed by atoms with van der Waals surface area (Å²) in [7, 11) is 0. The molecule has 3 aliphatic rings. The molecule has 1 aromatic heterocycles. The van der Waals surface area contributed by atoms with E-state index in [1.54, 1.807) is 22.9 Å². The van der Waals surface area contributed by atoms with E-state index < -0.39 is 12.1 Å². The molecule has 6 rings (SSSR count). The van der Waals surface area contributed by atoms with E-state index in [2.05, 4.69) is 10.6 Å². The van der Waals surface area contributed by atoms with E-state index >= 15 is 0 Å². The molecule has 3 N–H and O–H groups in total. The van der Waals surface area contributed by atoms with Crippen LogP contribution in [0.3, 0.4) is 0 Å². The second kappa shape index (κ2) is 12.4. The number of aliphatic hydroxyl groups is 1. The molecule has 0 unspecified atom stereocenters. The Morgan fingerprint density at radius 3 is 2.57 bits per heavy atom. The molecule has 2 fully saturated rings. The van der Waals surface area contributed by atoms with Gasteiger partial charge in [-0.25, -0.2) is 4.39 Å². The quantitative estimate of drug-likeness (QED) is 0.326. The highest BCUT2D eigenvalue weighted by Gasteiger charge is 2.43. The van der Waals surface area contributed by atoms with Gasteiger partial charge in [0, 0.05) is 42.9 Å². The van der Waals surface area contributed by atoms with Crippen LogP contribution in [0.15, 0.2) is 71.7 Å². The van der Waals surface area contributed by atoms with Gasteiger partial charge in [0.05, 0.1) is 17.7 Å². The van der Waals surface area contributed by atoms with Crippen molar-refractivity contribution in [3.8, 4) is 5.75 Å². The topological polar surface area (TPSA) is 92.6 Å². The van der Waals surface area contributed by atoms with Crippen molar-refractivity contribution in [2.45, 2.75) is 94.0 Å². The molecule has 222 valence electrons. The fraction of sp³-hybridized carbons (Fsp3) is 0.471. The van der Waals surface area contributed by atoms with Gasteiger partial charge in [-0.3, -0.25) is 9.59 Å². The second-order valence-corrected chi connectivity index (χ2v) is 12.3. The predicted octanol–water partition coefficient (Wildman–Crippen LogP) is 5.23. The van der Waals surface area contributed by atoms with Crippen molar-refractivity contribution in [1.82, 2.24) is 15.2 Å². The number of benzene rings is 2. The highest BCUT2D eigenvalue weighted by atomic mass is 19.1. The molecule has 0 saturated heterocycles. The lowest BCUT2D eigenvalue weighted by atomic mass is 9.85. The van der Waals surface area contributed by atoms with Crippen LogP contribution < -0.4 is 20.9 Å². The summed E-state index contributed by atoms with van der Waals surface area (Å²) in [6, 6.07) is 16.8. The fourth-order valence-electron chi connectivity index (χ4n) is 7.06. The molecule has 2 aliphatic carbocycles. The number of ether oxygens (including phenoxy) is 1. The maximum absolute atomic E-state index is 14.3. The van der Waals surface area contributed by atoms with Crippen LogP contribution in [0.25, 0.3) is 0 Å². The van der Waals surface area contributed by atoms with E-state index in [0.717, 1.165) is 62.5 Å². The number of pyridine rings is 1. The Morgan fingerprint density at radius 2 is 1.81 bits per heavy atom. The van der Waals surface area contributed by atoms with Gasteiger partial charge in [0.15, 0.2) is 0 Å².